The second kappa shape index (κ2) is 7.66. The van der Waals surface area contributed by atoms with E-state index in [1.54, 1.807) is 13.0 Å². The minimum Gasteiger partial charge on any atom is -0.481 e. The third kappa shape index (κ3) is 4.14. The normalized spacial score (nSPS) is 11.5. The molecular weight excluding hydrogens is 333 g/mol. The maximum Gasteiger partial charge on any atom is 0.303 e. The van der Waals surface area contributed by atoms with Gasteiger partial charge in [0, 0.05) is 17.9 Å². The molecule has 1 aromatic heterocycles. The number of aromatic nitrogens is 1. The lowest BCUT2D eigenvalue weighted by molar-refractivity contribution is -0.137. The van der Waals surface area contributed by atoms with E-state index in [0.717, 1.165) is 11.3 Å². The lowest BCUT2D eigenvalue weighted by atomic mass is 10.1. The molecule has 0 saturated carbocycles. The molecule has 0 aliphatic carbocycles. The van der Waals surface area contributed by atoms with Gasteiger partial charge in [0.1, 0.15) is 22.5 Å². The summed E-state index contributed by atoms with van der Waals surface area (Å²) in [7, 11) is 0. The van der Waals surface area contributed by atoms with E-state index in [0.29, 0.717) is 0 Å². The van der Waals surface area contributed by atoms with Crippen molar-refractivity contribution in [2.75, 3.05) is 5.32 Å². The number of carbonyl (C=O) groups excluding carboxylic acids is 1. The fraction of sp³-hybridized carbons (Fsp3) is 0.250. The van der Waals surface area contributed by atoms with Gasteiger partial charge in [-0.3, -0.25) is 9.59 Å². The Bertz CT molecular complexity index is 813. The van der Waals surface area contributed by atoms with Gasteiger partial charge in [0.05, 0.1) is 0 Å². The Morgan fingerprint density at radius 3 is 2.79 bits per heavy atom. The number of anilines is 1. The molecule has 2 rings (SSSR count). The summed E-state index contributed by atoms with van der Waals surface area (Å²) in [6.45, 7) is 1.61. The minimum absolute atomic E-state index is 0.115. The second-order valence-corrected chi connectivity index (χ2v) is 6.11. The molecule has 0 radical (unpaired) electrons. The van der Waals surface area contributed by atoms with Crippen molar-refractivity contribution in [1.29, 1.82) is 5.26 Å². The summed E-state index contributed by atoms with van der Waals surface area (Å²) in [5.74, 6) is -2.40. The van der Waals surface area contributed by atoms with Crippen LogP contribution in [0.3, 0.4) is 0 Å². The van der Waals surface area contributed by atoms with Gasteiger partial charge in [-0.15, -0.1) is 0 Å². The highest BCUT2D eigenvalue weighted by atomic mass is 32.1. The van der Waals surface area contributed by atoms with E-state index in [4.69, 9.17) is 5.11 Å². The molecule has 0 bridgehead atoms. The van der Waals surface area contributed by atoms with Crippen molar-refractivity contribution in [3.63, 3.8) is 0 Å². The highest BCUT2D eigenvalue weighted by Gasteiger charge is 2.20. The number of halogens is 1. The number of amides is 1. The summed E-state index contributed by atoms with van der Waals surface area (Å²) >= 11 is 0.946. The van der Waals surface area contributed by atoms with Crippen LogP contribution in [0.2, 0.25) is 0 Å². The maximum absolute atomic E-state index is 13.9. The summed E-state index contributed by atoms with van der Waals surface area (Å²) in [5.41, 5.74) is 0.360. The van der Waals surface area contributed by atoms with Gasteiger partial charge < -0.3 is 10.4 Å². The molecule has 8 heteroatoms. The number of rotatable bonds is 6. The second-order valence-electron chi connectivity index (χ2n) is 5.11. The number of hydrogen-bond acceptors (Lipinski definition) is 5. The quantitative estimate of drug-likeness (QED) is 0.835. The number of thiazole rings is 1. The number of carbonyl (C=O) groups is 2. The Hall–Kier alpha value is -2.79. The van der Waals surface area contributed by atoms with Crippen molar-refractivity contribution in [1.82, 2.24) is 4.98 Å². The Morgan fingerprint density at radius 1 is 1.46 bits per heavy atom. The van der Waals surface area contributed by atoms with Crippen LogP contribution in [0.1, 0.15) is 24.6 Å². The molecule has 6 nitrogen and oxygen atoms in total. The molecule has 1 atom stereocenters. The average Bonchev–Trinajstić information content (AvgIpc) is 2.95. The molecule has 0 saturated heterocycles. The number of hydrogen-bond donors (Lipinski definition) is 2. The number of nitrogens with zero attached hydrogens (tertiary/aromatic N) is 2. The molecule has 2 N–H and O–H groups in total. The predicted molar refractivity (Wildman–Crippen MR) is 86.9 cm³/mol. The highest BCUT2D eigenvalue weighted by Crippen LogP contribution is 2.32. The molecule has 1 heterocycles. The largest absolute Gasteiger partial charge is 0.481 e. The standard InChI is InChI=1S/C16H14FN3O3S/c1-9(6-7-13(21)22)15(23)20-16-19-14(12(8-18)24-16)10-4-2-3-5-11(10)17/h2-5,9H,6-7H2,1H3,(H,21,22)(H,19,20,23). The molecule has 124 valence electrons. The average molecular weight is 347 g/mol. The Labute approximate surface area is 141 Å². The molecule has 2 aromatic rings. The van der Waals surface area contributed by atoms with Crippen LogP contribution in [0.4, 0.5) is 9.52 Å². The molecule has 0 aliphatic heterocycles. The van der Waals surface area contributed by atoms with Crippen molar-refractivity contribution in [3.05, 3.63) is 35.0 Å². The van der Waals surface area contributed by atoms with Crippen molar-refractivity contribution in [2.24, 2.45) is 5.92 Å². The van der Waals surface area contributed by atoms with Crippen LogP contribution in [-0.2, 0) is 9.59 Å². The van der Waals surface area contributed by atoms with Gasteiger partial charge in [-0.2, -0.15) is 5.26 Å². The van der Waals surface area contributed by atoms with Crippen LogP contribution in [-0.4, -0.2) is 22.0 Å². The maximum atomic E-state index is 13.9. The predicted octanol–water partition coefficient (Wildman–Crippen LogP) is 3.26. The fourth-order valence-corrected chi connectivity index (χ4v) is 2.76. The molecule has 0 aliphatic rings. The van der Waals surface area contributed by atoms with E-state index in [1.165, 1.54) is 18.2 Å². The molecule has 1 aromatic carbocycles. The van der Waals surface area contributed by atoms with Gasteiger partial charge in [0.25, 0.3) is 0 Å². The first kappa shape index (κ1) is 17.6. The summed E-state index contributed by atoms with van der Waals surface area (Å²) in [6.07, 6.45) is 0.0776. The summed E-state index contributed by atoms with van der Waals surface area (Å²) in [5, 5.41) is 20.6. The fourth-order valence-electron chi connectivity index (χ4n) is 1.98. The smallest absolute Gasteiger partial charge is 0.303 e. The third-order valence-electron chi connectivity index (χ3n) is 3.33. The number of nitrogens with one attached hydrogen (secondary N) is 1. The topological polar surface area (TPSA) is 103 Å². The highest BCUT2D eigenvalue weighted by molar-refractivity contribution is 7.16. The van der Waals surface area contributed by atoms with E-state index in [9.17, 15) is 19.2 Å². The SMILES string of the molecule is CC(CCC(=O)O)C(=O)Nc1nc(-c2ccccc2F)c(C#N)s1. The Balaban J connectivity index is 2.19. The van der Waals surface area contributed by atoms with Gasteiger partial charge in [-0.1, -0.05) is 30.4 Å². The molecule has 0 fully saturated rings. The number of benzene rings is 1. The summed E-state index contributed by atoms with van der Waals surface area (Å²) < 4.78 is 13.9. The third-order valence-corrected chi connectivity index (χ3v) is 4.20. The van der Waals surface area contributed by atoms with Gasteiger partial charge in [0.15, 0.2) is 5.13 Å². The zero-order chi connectivity index (χ0) is 17.7. The van der Waals surface area contributed by atoms with E-state index in [2.05, 4.69) is 10.3 Å². The molecule has 1 unspecified atom stereocenters. The Kier molecular flexibility index (Phi) is 5.60. The first-order chi connectivity index (χ1) is 11.4. The first-order valence-electron chi connectivity index (χ1n) is 7.11. The van der Waals surface area contributed by atoms with E-state index in [-0.39, 0.29) is 34.1 Å². The zero-order valence-corrected chi connectivity index (χ0v) is 13.6. The minimum atomic E-state index is -0.975. The summed E-state index contributed by atoms with van der Waals surface area (Å²) in [6, 6.07) is 7.88. The zero-order valence-electron chi connectivity index (χ0n) is 12.7. The van der Waals surface area contributed by atoms with Crippen molar-refractivity contribution in [2.45, 2.75) is 19.8 Å². The van der Waals surface area contributed by atoms with Crippen molar-refractivity contribution >= 4 is 28.3 Å². The number of carboxylic acids is 1. The van der Waals surface area contributed by atoms with E-state index >= 15 is 0 Å². The van der Waals surface area contributed by atoms with Crippen LogP contribution in [0.25, 0.3) is 11.3 Å². The molecule has 1 amide bonds. The monoisotopic (exact) mass is 347 g/mol. The molecular formula is C16H14FN3O3S. The van der Waals surface area contributed by atoms with Gasteiger partial charge in [-0.25, -0.2) is 9.37 Å². The summed E-state index contributed by atoms with van der Waals surface area (Å²) in [4.78, 5) is 26.9. The Morgan fingerprint density at radius 2 is 2.17 bits per heavy atom. The lowest BCUT2D eigenvalue weighted by Crippen LogP contribution is -2.21. The lowest BCUT2D eigenvalue weighted by Gasteiger charge is -2.08. The van der Waals surface area contributed by atoms with Crippen molar-refractivity contribution < 1.29 is 19.1 Å². The molecule has 0 spiro atoms. The van der Waals surface area contributed by atoms with Crippen LogP contribution < -0.4 is 5.32 Å². The van der Waals surface area contributed by atoms with E-state index in [1.807, 2.05) is 6.07 Å². The van der Waals surface area contributed by atoms with Crippen LogP contribution in [0.5, 0.6) is 0 Å². The van der Waals surface area contributed by atoms with Crippen LogP contribution in [0, 0.1) is 23.1 Å². The van der Waals surface area contributed by atoms with Gasteiger partial charge >= 0.3 is 5.97 Å². The van der Waals surface area contributed by atoms with Crippen LogP contribution in [0.15, 0.2) is 24.3 Å². The van der Waals surface area contributed by atoms with Gasteiger partial charge in [-0.05, 0) is 18.6 Å². The van der Waals surface area contributed by atoms with Crippen molar-refractivity contribution in [3.8, 4) is 17.3 Å². The van der Waals surface area contributed by atoms with E-state index < -0.39 is 23.6 Å². The number of aliphatic carboxylic acids is 1. The first-order valence-corrected chi connectivity index (χ1v) is 7.92. The molecule has 24 heavy (non-hydrogen) atoms. The van der Waals surface area contributed by atoms with Crippen LogP contribution >= 0.6 is 11.3 Å². The number of carboxylic acid groups (broad SMARTS) is 1. The van der Waals surface area contributed by atoms with Gasteiger partial charge in [0.2, 0.25) is 5.91 Å². The number of nitriles is 1.